The summed E-state index contributed by atoms with van der Waals surface area (Å²) >= 11 is 0. The fourth-order valence-corrected chi connectivity index (χ4v) is 7.74. The van der Waals surface area contributed by atoms with Gasteiger partial charge in [0, 0.05) is 84.9 Å². The van der Waals surface area contributed by atoms with Crippen molar-refractivity contribution in [3.63, 3.8) is 0 Å². The lowest BCUT2D eigenvalue weighted by Gasteiger charge is -2.19. The Bertz CT molecular complexity index is 1780. The third kappa shape index (κ3) is 28.1. The molecule has 3 aromatic heterocycles. The fraction of sp³-hybridized carbons (Fsp3) is 0.571. The number of imidazole rings is 1. The summed E-state index contributed by atoms with van der Waals surface area (Å²) in [5.74, 6) is 3.46. The van der Waals surface area contributed by atoms with Crippen LogP contribution in [0, 0.1) is 13.8 Å². The predicted octanol–water partition coefficient (Wildman–Crippen LogP) is 5.51. The molecule has 0 aromatic carbocycles. The molecule has 18 nitrogen and oxygen atoms in total. The Morgan fingerprint density at radius 2 is 1.23 bits per heavy atom. The number of nitrogens with one attached hydrogen (secondary N) is 5. The number of carbonyl (C=O) groups excluding carboxylic acids is 4. The SMILES string of the molecule is CC(C)(C)OC(=O)CCCSSCCN.Cc1cc(=O)[nH]c(NC(=O)NCCSSCCCC(=O)OC(C)(C)C)n1.Cc1cc(=O)[nH]c(NC(=O)n2ccnc2)n1. The number of urea groups is 1. The predicted molar refractivity (Wildman–Crippen MR) is 232 cm³/mol. The average Bonchev–Trinajstić information content (AvgIpc) is 3.61. The van der Waals surface area contributed by atoms with Crippen molar-refractivity contribution in [3.05, 3.63) is 62.9 Å². The molecule has 22 heteroatoms. The number of aryl methyl sites for hydroxylation is 2. The van der Waals surface area contributed by atoms with Gasteiger partial charge in [-0.3, -0.25) is 44.3 Å². The van der Waals surface area contributed by atoms with Gasteiger partial charge in [0.05, 0.1) is 0 Å². The Labute approximate surface area is 348 Å². The molecular weight excluding hydrogens is 817 g/mol. The minimum absolute atomic E-state index is 0.105. The van der Waals surface area contributed by atoms with Crippen LogP contribution in [0.2, 0.25) is 0 Å². The Morgan fingerprint density at radius 1 is 0.754 bits per heavy atom. The average molecular weight is 873 g/mol. The molecule has 0 aliphatic rings. The number of esters is 2. The van der Waals surface area contributed by atoms with Crippen LogP contribution in [-0.4, -0.2) is 101 Å². The van der Waals surface area contributed by atoms with Gasteiger partial charge < -0.3 is 20.5 Å². The minimum Gasteiger partial charge on any atom is -0.460 e. The molecule has 0 atom stereocenters. The zero-order valence-electron chi connectivity index (χ0n) is 33.7. The molecule has 7 N–H and O–H groups in total. The lowest BCUT2D eigenvalue weighted by atomic mass is 10.2. The van der Waals surface area contributed by atoms with Crippen LogP contribution in [0.25, 0.3) is 0 Å². The summed E-state index contributed by atoms with van der Waals surface area (Å²) in [6.07, 6.45) is 6.86. The number of H-pyrrole nitrogens is 2. The largest absolute Gasteiger partial charge is 0.460 e. The Balaban J connectivity index is 0.000000452. The normalized spacial score (nSPS) is 10.9. The summed E-state index contributed by atoms with van der Waals surface area (Å²) in [7, 11) is 6.79. The number of carbonyl (C=O) groups is 4. The van der Waals surface area contributed by atoms with Gasteiger partial charge in [-0.2, -0.15) is 0 Å². The zero-order chi connectivity index (χ0) is 42.9. The molecule has 0 saturated carbocycles. The van der Waals surface area contributed by atoms with Crippen molar-refractivity contribution in [3.8, 4) is 0 Å². The van der Waals surface area contributed by atoms with E-state index in [4.69, 9.17) is 15.2 Å². The van der Waals surface area contributed by atoms with Gasteiger partial charge >= 0.3 is 24.0 Å². The Kier molecular flexibility index (Phi) is 24.7. The second-order valence-corrected chi connectivity index (χ2v) is 19.1. The van der Waals surface area contributed by atoms with E-state index < -0.39 is 17.7 Å². The number of aromatic nitrogens is 6. The molecule has 0 fully saturated rings. The summed E-state index contributed by atoms with van der Waals surface area (Å²) in [6.45, 7) is 15.7. The van der Waals surface area contributed by atoms with E-state index in [1.165, 1.54) is 35.4 Å². The molecule has 0 spiro atoms. The van der Waals surface area contributed by atoms with E-state index in [1.54, 1.807) is 57.0 Å². The van der Waals surface area contributed by atoms with E-state index in [0.717, 1.165) is 35.9 Å². The number of aromatic amines is 2. The first kappa shape index (κ1) is 51.0. The quantitative estimate of drug-likeness (QED) is 0.0555. The maximum absolute atomic E-state index is 11.7. The number of nitrogens with zero attached hydrogens (tertiary/aromatic N) is 4. The van der Waals surface area contributed by atoms with Crippen molar-refractivity contribution in [2.75, 3.05) is 46.7 Å². The lowest BCUT2D eigenvalue weighted by molar-refractivity contribution is -0.155. The molecule has 3 amide bonds. The molecule has 3 rings (SSSR count). The van der Waals surface area contributed by atoms with Crippen LogP contribution < -0.4 is 32.8 Å². The highest BCUT2D eigenvalue weighted by molar-refractivity contribution is 8.77. The molecule has 3 aromatic rings. The van der Waals surface area contributed by atoms with Crippen LogP contribution in [0.1, 0.15) is 78.6 Å². The van der Waals surface area contributed by atoms with Gasteiger partial charge in [0.1, 0.15) is 17.5 Å². The van der Waals surface area contributed by atoms with Crippen LogP contribution in [0.4, 0.5) is 21.5 Å². The Hall–Kier alpha value is -3.99. The van der Waals surface area contributed by atoms with Gasteiger partial charge in [-0.1, -0.05) is 43.2 Å². The highest BCUT2D eigenvalue weighted by Crippen LogP contribution is 2.23. The van der Waals surface area contributed by atoms with E-state index in [9.17, 15) is 28.8 Å². The van der Waals surface area contributed by atoms with Crippen LogP contribution in [0.3, 0.4) is 0 Å². The number of hydrogen-bond acceptors (Lipinski definition) is 16. The van der Waals surface area contributed by atoms with Gasteiger partial charge in [-0.25, -0.2) is 24.5 Å². The molecule has 0 unspecified atom stereocenters. The van der Waals surface area contributed by atoms with Gasteiger partial charge in [-0.05, 0) is 68.2 Å². The molecule has 0 aliphatic heterocycles. The maximum atomic E-state index is 11.7. The van der Waals surface area contributed by atoms with Crippen LogP contribution in [0.15, 0.2) is 40.4 Å². The van der Waals surface area contributed by atoms with Crippen molar-refractivity contribution >= 4 is 79.1 Å². The molecule has 57 heavy (non-hydrogen) atoms. The van der Waals surface area contributed by atoms with E-state index in [0.29, 0.717) is 37.3 Å². The van der Waals surface area contributed by atoms with Crippen molar-refractivity contribution in [1.82, 2.24) is 34.8 Å². The zero-order valence-corrected chi connectivity index (χ0v) is 37.0. The number of nitrogens with two attached hydrogens (primary N) is 1. The molecule has 0 saturated heterocycles. The summed E-state index contributed by atoms with van der Waals surface area (Å²) in [6, 6.07) is 1.83. The molecule has 0 bridgehead atoms. The fourth-order valence-electron chi connectivity index (χ4n) is 3.80. The van der Waals surface area contributed by atoms with Gasteiger partial charge in [-0.15, -0.1) is 0 Å². The van der Waals surface area contributed by atoms with E-state index in [-0.39, 0.29) is 40.6 Å². The topological polar surface area (TPSA) is 258 Å². The first-order valence-electron chi connectivity index (χ1n) is 17.9. The minimum atomic E-state index is -0.439. The van der Waals surface area contributed by atoms with Crippen molar-refractivity contribution in [2.45, 2.75) is 92.3 Å². The van der Waals surface area contributed by atoms with Crippen LogP contribution in [-0.2, 0) is 19.1 Å². The van der Waals surface area contributed by atoms with Crippen molar-refractivity contribution in [1.29, 1.82) is 0 Å². The second-order valence-electron chi connectivity index (χ2n) is 13.7. The lowest BCUT2D eigenvalue weighted by Crippen LogP contribution is -2.31. The number of ether oxygens (including phenoxy) is 2. The van der Waals surface area contributed by atoms with Gasteiger partial charge in [0.15, 0.2) is 0 Å². The number of amides is 3. The third-order valence-electron chi connectivity index (χ3n) is 5.83. The number of rotatable bonds is 17. The van der Waals surface area contributed by atoms with E-state index in [1.807, 2.05) is 41.5 Å². The van der Waals surface area contributed by atoms with Crippen molar-refractivity contribution < 1.29 is 28.7 Å². The second kappa shape index (κ2) is 27.6. The summed E-state index contributed by atoms with van der Waals surface area (Å²) in [5.41, 5.74) is 4.99. The third-order valence-corrected chi connectivity index (χ3v) is 10.8. The molecule has 318 valence electrons. The standard InChI is InChI=1S/C16H26N4O4S2.C10H21NO2S2.C9H9N5O2/c1-11-10-12(21)19-14(18-11)20-15(23)17-7-9-26-25-8-5-6-13(22)24-16(2,3)4;1-10(2,3)13-9(12)5-4-7-14-15-8-6-11;1-6-4-7(15)12-8(11-6)13-9(16)14-3-2-10-5-14/h10H,5-9H2,1-4H3,(H3,17,18,19,20,21,23);4-8,11H2,1-3H3;2-5H,1H3,(H2,11,12,13,15,16). The highest BCUT2D eigenvalue weighted by Gasteiger charge is 2.16. The highest BCUT2D eigenvalue weighted by atomic mass is 33.1. The summed E-state index contributed by atoms with van der Waals surface area (Å²) in [5, 5.41) is 7.61. The first-order valence-corrected chi connectivity index (χ1v) is 22.9. The first-order chi connectivity index (χ1) is 26.8. The van der Waals surface area contributed by atoms with Gasteiger partial charge in [0.25, 0.3) is 11.1 Å². The van der Waals surface area contributed by atoms with E-state index >= 15 is 0 Å². The smallest absolute Gasteiger partial charge is 0.333 e. The molecule has 0 radical (unpaired) electrons. The Morgan fingerprint density at radius 3 is 1.67 bits per heavy atom. The monoisotopic (exact) mass is 872 g/mol. The van der Waals surface area contributed by atoms with E-state index in [2.05, 4.69) is 40.9 Å². The number of hydrogen-bond donors (Lipinski definition) is 6. The van der Waals surface area contributed by atoms with Gasteiger partial charge in [0.2, 0.25) is 11.9 Å². The molecule has 0 aliphatic carbocycles. The summed E-state index contributed by atoms with van der Waals surface area (Å²) in [4.78, 5) is 85.0. The van der Waals surface area contributed by atoms with Crippen molar-refractivity contribution in [2.24, 2.45) is 5.73 Å². The van der Waals surface area contributed by atoms with Crippen LogP contribution >= 0.6 is 43.2 Å². The molecular formula is C35H56N10O8S4. The van der Waals surface area contributed by atoms with Crippen LogP contribution in [0.5, 0.6) is 0 Å². The summed E-state index contributed by atoms with van der Waals surface area (Å²) < 4.78 is 11.7. The molecule has 3 heterocycles. The maximum Gasteiger partial charge on any atom is 0.333 e. The number of anilines is 2.